The van der Waals surface area contributed by atoms with Crippen molar-refractivity contribution >= 4 is 0 Å². The van der Waals surface area contributed by atoms with E-state index in [1.807, 2.05) is 12.1 Å². The van der Waals surface area contributed by atoms with E-state index < -0.39 is 0 Å². The molecule has 0 spiro atoms. The molecule has 0 aromatic rings. The van der Waals surface area contributed by atoms with Gasteiger partial charge in [-0.05, 0) is 25.2 Å². The molecule has 0 heterocycles. The van der Waals surface area contributed by atoms with Gasteiger partial charge in [0.1, 0.15) is 0 Å². The first-order valence-electron chi connectivity index (χ1n) is 4.15. The van der Waals surface area contributed by atoms with Gasteiger partial charge in [0, 0.05) is 12.1 Å². The maximum Gasteiger partial charge on any atom is 0.0908 e. The van der Waals surface area contributed by atoms with Crippen LogP contribution in [0.3, 0.4) is 0 Å². The Kier molecular flexibility index (Phi) is 3.13. The lowest BCUT2D eigenvalue weighted by Gasteiger charge is -2.23. The highest BCUT2D eigenvalue weighted by Crippen LogP contribution is 2.23. The van der Waals surface area contributed by atoms with E-state index in [4.69, 9.17) is 11.0 Å². The fourth-order valence-electron chi connectivity index (χ4n) is 1.62. The average molecular weight is 150 g/mol. The van der Waals surface area contributed by atoms with Gasteiger partial charge in [-0.3, -0.25) is 0 Å². The van der Waals surface area contributed by atoms with Crippen molar-refractivity contribution in [2.45, 2.75) is 31.7 Å². The number of rotatable bonds is 1. The average Bonchev–Trinajstić information content (AvgIpc) is 2.01. The van der Waals surface area contributed by atoms with Crippen LogP contribution < -0.4 is 5.73 Å². The molecule has 1 aliphatic rings. The zero-order valence-corrected chi connectivity index (χ0v) is 6.66. The lowest BCUT2D eigenvalue weighted by molar-refractivity contribution is 0.372. The quantitative estimate of drug-likeness (QED) is 0.577. The highest BCUT2D eigenvalue weighted by molar-refractivity contribution is 5.04. The number of hydrogen-bond donors (Lipinski definition) is 1. The Morgan fingerprint density at radius 3 is 2.91 bits per heavy atom. The van der Waals surface area contributed by atoms with Gasteiger partial charge >= 0.3 is 0 Å². The van der Waals surface area contributed by atoms with Crippen LogP contribution in [0, 0.1) is 17.2 Å². The fraction of sp³-hybridized carbons (Fsp3) is 0.667. The molecule has 0 radical (unpaired) electrons. The van der Waals surface area contributed by atoms with Crippen molar-refractivity contribution in [2.24, 2.45) is 11.7 Å². The summed E-state index contributed by atoms with van der Waals surface area (Å²) < 4.78 is 0. The minimum Gasteiger partial charge on any atom is -0.328 e. The molecule has 0 unspecified atom stereocenters. The van der Waals surface area contributed by atoms with Crippen molar-refractivity contribution in [1.29, 1.82) is 5.26 Å². The van der Waals surface area contributed by atoms with Crippen molar-refractivity contribution in [1.82, 2.24) is 0 Å². The first-order valence-corrected chi connectivity index (χ1v) is 4.15. The number of hydrogen-bond acceptors (Lipinski definition) is 2. The number of nitriles is 1. The van der Waals surface area contributed by atoms with Crippen molar-refractivity contribution < 1.29 is 0 Å². The van der Waals surface area contributed by atoms with Gasteiger partial charge in [0.25, 0.3) is 0 Å². The van der Waals surface area contributed by atoms with Crippen LogP contribution in [-0.4, -0.2) is 6.04 Å². The normalized spacial score (nSPS) is 32.0. The van der Waals surface area contributed by atoms with Crippen LogP contribution in [0.5, 0.6) is 0 Å². The van der Waals surface area contributed by atoms with Crippen LogP contribution in [0.25, 0.3) is 0 Å². The molecule has 2 heteroatoms. The molecule has 1 rings (SSSR count). The van der Waals surface area contributed by atoms with E-state index in [0.717, 1.165) is 12.8 Å². The molecule has 2 nitrogen and oxygen atoms in total. The Morgan fingerprint density at radius 2 is 2.27 bits per heavy atom. The monoisotopic (exact) mass is 150 g/mol. The number of nitrogens with two attached hydrogens (primary N) is 1. The molecule has 0 aromatic carbocycles. The molecular weight excluding hydrogens is 136 g/mol. The second-order valence-electron chi connectivity index (χ2n) is 3.17. The third-order valence-electron chi connectivity index (χ3n) is 2.20. The van der Waals surface area contributed by atoms with E-state index >= 15 is 0 Å². The van der Waals surface area contributed by atoms with Gasteiger partial charge in [-0.25, -0.2) is 0 Å². The second kappa shape index (κ2) is 4.15. The summed E-state index contributed by atoms with van der Waals surface area (Å²) in [5.74, 6) is 0.554. The molecule has 2 atom stereocenters. The van der Waals surface area contributed by atoms with Gasteiger partial charge in [0.2, 0.25) is 0 Å². The lowest BCUT2D eigenvalue weighted by Crippen LogP contribution is -2.26. The number of nitrogens with zero attached hydrogens (tertiary/aromatic N) is 1. The van der Waals surface area contributed by atoms with Gasteiger partial charge < -0.3 is 5.73 Å². The molecule has 2 N–H and O–H groups in total. The van der Waals surface area contributed by atoms with E-state index in [1.165, 1.54) is 12.8 Å². The van der Waals surface area contributed by atoms with E-state index in [9.17, 15) is 0 Å². The highest BCUT2D eigenvalue weighted by Gasteiger charge is 2.16. The molecule has 60 valence electrons. The molecule has 0 aliphatic heterocycles. The van der Waals surface area contributed by atoms with E-state index in [1.54, 1.807) is 6.08 Å². The molecule has 1 aliphatic carbocycles. The summed E-state index contributed by atoms with van der Waals surface area (Å²) in [4.78, 5) is 0. The van der Waals surface area contributed by atoms with Gasteiger partial charge in [-0.2, -0.15) is 5.26 Å². The van der Waals surface area contributed by atoms with Gasteiger partial charge in [-0.1, -0.05) is 12.5 Å². The fourth-order valence-corrected chi connectivity index (χ4v) is 1.62. The smallest absolute Gasteiger partial charge is 0.0908 e. The van der Waals surface area contributed by atoms with E-state index in [-0.39, 0.29) is 0 Å². The van der Waals surface area contributed by atoms with Crippen LogP contribution in [-0.2, 0) is 0 Å². The van der Waals surface area contributed by atoms with Crippen molar-refractivity contribution in [3.05, 3.63) is 12.2 Å². The minimum atomic E-state index is 0.358. The predicted molar refractivity (Wildman–Crippen MR) is 44.7 cm³/mol. The summed E-state index contributed by atoms with van der Waals surface area (Å²) >= 11 is 0. The molecule has 1 saturated carbocycles. The summed E-state index contributed by atoms with van der Waals surface area (Å²) in [5.41, 5.74) is 5.78. The van der Waals surface area contributed by atoms with Crippen molar-refractivity contribution in [3.63, 3.8) is 0 Å². The van der Waals surface area contributed by atoms with E-state index in [2.05, 4.69) is 0 Å². The number of allylic oxidation sites excluding steroid dienone is 2. The van der Waals surface area contributed by atoms with Gasteiger partial charge in [-0.15, -0.1) is 0 Å². The molecule has 1 fully saturated rings. The van der Waals surface area contributed by atoms with Crippen molar-refractivity contribution in [2.75, 3.05) is 0 Å². The Bertz CT molecular complexity index is 178. The Balaban J connectivity index is 2.35. The first-order chi connectivity index (χ1) is 5.33. The van der Waals surface area contributed by atoms with Crippen LogP contribution in [0.4, 0.5) is 0 Å². The lowest BCUT2D eigenvalue weighted by atomic mass is 9.86. The Labute approximate surface area is 67.7 Å². The summed E-state index contributed by atoms with van der Waals surface area (Å²) in [5, 5.41) is 8.29. The first kappa shape index (κ1) is 8.29. The van der Waals surface area contributed by atoms with Crippen molar-refractivity contribution in [3.8, 4) is 6.07 Å². The Morgan fingerprint density at radius 1 is 1.45 bits per heavy atom. The predicted octanol–water partition coefficient (Wildman–Crippen LogP) is 1.58. The third kappa shape index (κ3) is 2.73. The van der Waals surface area contributed by atoms with Crippen LogP contribution >= 0.6 is 0 Å². The van der Waals surface area contributed by atoms with Crippen LogP contribution in [0.15, 0.2) is 12.2 Å². The van der Waals surface area contributed by atoms with Crippen LogP contribution in [0.2, 0.25) is 0 Å². The molecule has 0 amide bonds. The summed E-state index contributed by atoms with van der Waals surface area (Å²) in [7, 11) is 0. The summed E-state index contributed by atoms with van der Waals surface area (Å²) in [6.07, 6.45) is 8.17. The molecule has 0 aromatic heterocycles. The highest BCUT2D eigenvalue weighted by atomic mass is 14.6. The van der Waals surface area contributed by atoms with E-state index in [0.29, 0.717) is 12.0 Å². The largest absolute Gasteiger partial charge is 0.328 e. The third-order valence-corrected chi connectivity index (χ3v) is 2.20. The molecule has 0 bridgehead atoms. The Hall–Kier alpha value is -0.810. The van der Waals surface area contributed by atoms with Gasteiger partial charge in [0.05, 0.1) is 6.07 Å². The van der Waals surface area contributed by atoms with Crippen LogP contribution in [0.1, 0.15) is 25.7 Å². The summed E-state index contributed by atoms with van der Waals surface area (Å²) in [6, 6.07) is 2.37. The molecule has 11 heavy (non-hydrogen) atoms. The minimum absolute atomic E-state index is 0.358. The SMILES string of the molecule is N#C/C=C/[C@@H]1CCC[C@H](N)C1. The standard InChI is InChI=1S/C9H14N2/c10-6-2-4-8-3-1-5-9(11)7-8/h2,4,8-9H,1,3,5,7,11H2/b4-2+/t8-,9-/m0/s1. The summed E-state index contributed by atoms with van der Waals surface area (Å²) in [6.45, 7) is 0. The molecule has 0 saturated heterocycles. The topological polar surface area (TPSA) is 49.8 Å². The van der Waals surface area contributed by atoms with Gasteiger partial charge in [0.15, 0.2) is 0 Å². The zero-order chi connectivity index (χ0) is 8.10. The zero-order valence-electron chi connectivity index (χ0n) is 6.66. The maximum atomic E-state index is 8.29. The second-order valence-corrected chi connectivity index (χ2v) is 3.17. The molecular formula is C9H14N2. The maximum absolute atomic E-state index is 8.29.